The van der Waals surface area contributed by atoms with Crippen LogP contribution in [0.15, 0.2) is 54.6 Å². The fourth-order valence-electron chi connectivity index (χ4n) is 5.37. The monoisotopic (exact) mass is 521 g/mol. The number of benzene rings is 3. The molecular weight excluding hydrogens is 490 g/mol. The number of imidazole rings is 2. The molecule has 9 heteroatoms. The van der Waals surface area contributed by atoms with Crippen LogP contribution in [0.2, 0.25) is 0 Å². The Hall–Kier alpha value is -4.50. The zero-order valence-corrected chi connectivity index (χ0v) is 22.0. The van der Waals surface area contributed by atoms with Crippen LogP contribution in [0.3, 0.4) is 0 Å². The summed E-state index contributed by atoms with van der Waals surface area (Å²) in [6, 6.07) is 17.0. The van der Waals surface area contributed by atoms with E-state index in [4.69, 9.17) is 15.4 Å². The van der Waals surface area contributed by atoms with E-state index < -0.39 is 0 Å². The maximum absolute atomic E-state index is 13.0. The van der Waals surface area contributed by atoms with Crippen LogP contribution in [0, 0.1) is 5.41 Å². The summed E-state index contributed by atoms with van der Waals surface area (Å²) in [4.78, 5) is 26.0. The van der Waals surface area contributed by atoms with Crippen LogP contribution in [-0.2, 0) is 32.9 Å². The number of phenolic OH excluding ortho intramolecular Hbond substituents is 1. The van der Waals surface area contributed by atoms with Gasteiger partial charge in [-0.25, -0.2) is 9.97 Å². The molecule has 39 heavy (non-hydrogen) atoms. The van der Waals surface area contributed by atoms with Gasteiger partial charge in [0.2, 0.25) is 0 Å². The first-order valence-electron chi connectivity index (χ1n) is 13.2. The molecule has 2 aromatic heterocycles. The minimum atomic E-state index is -0.134. The van der Waals surface area contributed by atoms with Gasteiger partial charge in [-0.3, -0.25) is 4.79 Å². The first kappa shape index (κ1) is 24.8. The third-order valence-corrected chi connectivity index (χ3v) is 7.59. The van der Waals surface area contributed by atoms with Gasteiger partial charge >= 0.3 is 0 Å². The lowest BCUT2D eigenvalue weighted by atomic mass is 10.0. The van der Waals surface area contributed by atoms with E-state index in [9.17, 15) is 9.90 Å². The smallest absolute Gasteiger partial charge is 0.251 e. The van der Waals surface area contributed by atoms with Crippen LogP contribution in [0.4, 0.5) is 0 Å². The van der Waals surface area contributed by atoms with E-state index >= 15 is 0 Å². The Morgan fingerprint density at radius 1 is 1.15 bits per heavy atom. The number of aromatic amines is 1. The van der Waals surface area contributed by atoms with E-state index in [1.165, 1.54) is 0 Å². The molecule has 3 heterocycles. The normalized spacial score (nSPS) is 15.0. The quantitative estimate of drug-likeness (QED) is 0.208. The molecule has 1 atom stereocenters. The van der Waals surface area contributed by atoms with Gasteiger partial charge in [-0.15, -0.1) is 0 Å². The number of rotatable bonds is 7. The summed E-state index contributed by atoms with van der Waals surface area (Å²) in [7, 11) is 1.96. The fraction of sp³-hybridized carbons (Fsp3) is 0.267. The number of H-pyrrole nitrogens is 1. The Morgan fingerprint density at radius 2 is 1.97 bits per heavy atom. The number of nitrogens with one attached hydrogen (secondary N) is 4. The molecule has 0 saturated carbocycles. The molecule has 198 valence electrons. The Bertz CT molecular complexity index is 1730. The fourth-order valence-corrected chi connectivity index (χ4v) is 5.37. The van der Waals surface area contributed by atoms with E-state index in [2.05, 4.69) is 15.6 Å². The first-order chi connectivity index (χ1) is 18.9. The van der Waals surface area contributed by atoms with Crippen LogP contribution in [0.25, 0.3) is 21.8 Å². The van der Waals surface area contributed by atoms with Gasteiger partial charge in [0.05, 0.1) is 34.9 Å². The number of hydrogen-bond acceptors (Lipinski definition) is 6. The third-order valence-electron chi connectivity index (χ3n) is 7.59. The van der Waals surface area contributed by atoms with Gasteiger partial charge in [-0.1, -0.05) is 30.3 Å². The van der Waals surface area contributed by atoms with Gasteiger partial charge in [-0.2, -0.15) is 0 Å². The highest BCUT2D eigenvalue weighted by Crippen LogP contribution is 2.27. The van der Waals surface area contributed by atoms with Crippen molar-refractivity contribution < 1.29 is 9.90 Å². The number of amides is 1. The molecule has 0 fully saturated rings. The minimum Gasteiger partial charge on any atom is -0.507 e. The molecule has 6 rings (SSSR count). The van der Waals surface area contributed by atoms with E-state index in [1.807, 2.05) is 67.1 Å². The summed E-state index contributed by atoms with van der Waals surface area (Å²) in [6.07, 6.45) is 1.92. The second-order valence-electron chi connectivity index (χ2n) is 10.2. The number of nitrogens with zero attached hydrogens (tertiary/aromatic N) is 3. The molecule has 1 aliphatic rings. The highest BCUT2D eigenvalue weighted by atomic mass is 16.3. The largest absolute Gasteiger partial charge is 0.507 e. The number of phenols is 1. The van der Waals surface area contributed by atoms with Gasteiger partial charge in [0.1, 0.15) is 17.4 Å². The number of carbonyl (C=O) groups excluding carboxylic acids is 1. The van der Waals surface area contributed by atoms with Gasteiger partial charge in [0, 0.05) is 43.2 Å². The highest BCUT2D eigenvalue weighted by Gasteiger charge is 2.23. The van der Waals surface area contributed by atoms with Gasteiger partial charge in [0.15, 0.2) is 0 Å². The van der Waals surface area contributed by atoms with Crippen LogP contribution in [0.1, 0.15) is 45.9 Å². The molecule has 3 aromatic carbocycles. The summed E-state index contributed by atoms with van der Waals surface area (Å²) in [5.74, 6) is 1.84. The van der Waals surface area contributed by atoms with Crippen molar-refractivity contribution in [1.29, 1.82) is 5.41 Å². The minimum absolute atomic E-state index is 0.0365. The molecule has 0 radical (unpaired) electrons. The van der Waals surface area contributed by atoms with E-state index in [-0.39, 0.29) is 17.7 Å². The lowest BCUT2D eigenvalue weighted by Gasteiger charge is -2.21. The SMILES string of the molecule is CC(=N)C1Cc2nc(Cc3nc4ccc(C(=O)NCCc5ccc(O)c6ccccc56)cc4n3C)[nH]c2CN1. The number of aryl methyl sites for hydroxylation is 1. The summed E-state index contributed by atoms with van der Waals surface area (Å²) in [5.41, 5.74) is 6.08. The van der Waals surface area contributed by atoms with Crippen molar-refractivity contribution in [1.82, 2.24) is 30.2 Å². The topological polar surface area (TPSA) is 132 Å². The Kier molecular flexibility index (Phi) is 6.36. The standard InChI is InChI=1S/C30H31N7O2/c1-17(31)23-14-24-25(16-33-23)35-28(34-24)15-29-36-22-9-7-19(13-26(22)37(29)2)30(39)32-12-11-18-8-10-27(38)21-6-4-3-5-20(18)21/h3-10,13,23,31,33,38H,11-12,14-16H2,1-2H3,(H,32,39)(H,34,35). The number of aromatic nitrogens is 4. The Morgan fingerprint density at radius 3 is 2.79 bits per heavy atom. The predicted molar refractivity (Wildman–Crippen MR) is 151 cm³/mol. The molecule has 5 aromatic rings. The van der Waals surface area contributed by atoms with Crippen molar-refractivity contribution in [2.24, 2.45) is 7.05 Å². The van der Waals surface area contributed by atoms with Crippen LogP contribution < -0.4 is 10.6 Å². The zero-order valence-electron chi connectivity index (χ0n) is 22.0. The molecule has 0 saturated heterocycles. The van der Waals surface area contributed by atoms with E-state index in [0.29, 0.717) is 43.6 Å². The van der Waals surface area contributed by atoms with Crippen LogP contribution in [0.5, 0.6) is 5.75 Å². The molecule has 0 spiro atoms. The summed E-state index contributed by atoms with van der Waals surface area (Å²) >= 11 is 0. The van der Waals surface area contributed by atoms with Crippen LogP contribution in [-0.4, -0.2) is 48.8 Å². The first-order valence-corrected chi connectivity index (χ1v) is 13.2. The Labute approximate surface area is 225 Å². The molecule has 9 nitrogen and oxygen atoms in total. The molecule has 0 aliphatic carbocycles. The average Bonchev–Trinajstić information content (AvgIpc) is 3.49. The van der Waals surface area contributed by atoms with Crippen molar-refractivity contribution in [3.8, 4) is 5.75 Å². The lowest BCUT2D eigenvalue weighted by Crippen LogP contribution is -2.40. The number of aromatic hydroxyl groups is 1. The van der Waals surface area contributed by atoms with Crippen molar-refractivity contribution in [2.45, 2.75) is 38.8 Å². The number of hydrogen-bond donors (Lipinski definition) is 5. The molecular formula is C30H31N7O2. The third kappa shape index (κ3) is 4.77. The summed E-state index contributed by atoms with van der Waals surface area (Å²) < 4.78 is 2.01. The number of fused-ring (bicyclic) bond motifs is 3. The predicted octanol–water partition coefficient (Wildman–Crippen LogP) is 3.77. The highest BCUT2D eigenvalue weighted by molar-refractivity contribution is 5.97. The van der Waals surface area contributed by atoms with E-state index in [1.54, 1.807) is 6.07 Å². The van der Waals surface area contributed by atoms with Crippen molar-refractivity contribution >= 4 is 33.4 Å². The molecule has 0 bridgehead atoms. The van der Waals surface area contributed by atoms with Crippen LogP contribution >= 0.6 is 0 Å². The molecule has 1 aliphatic heterocycles. The van der Waals surface area contributed by atoms with Crippen molar-refractivity contribution in [3.63, 3.8) is 0 Å². The lowest BCUT2D eigenvalue weighted by molar-refractivity contribution is 0.0954. The van der Waals surface area contributed by atoms with Gasteiger partial charge in [-0.05, 0) is 48.6 Å². The maximum atomic E-state index is 13.0. The summed E-state index contributed by atoms with van der Waals surface area (Å²) in [6.45, 7) is 2.98. The second kappa shape index (κ2) is 9.99. The van der Waals surface area contributed by atoms with Crippen molar-refractivity contribution in [3.05, 3.63) is 88.8 Å². The Balaban J connectivity index is 1.14. The average molecular weight is 522 g/mol. The molecule has 1 amide bonds. The molecule has 5 N–H and O–H groups in total. The maximum Gasteiger partial charge on any atom is 0.251 e. The van der Waals surface area contributed by atoms with Gasteiger partial charge in [0.25, 0.3) is 5.91 Å². The van der Waals surface area contributed by atoms with Crippen molar-refractivity contribution in [2.75, 3.05) is 6.54 Å². The second-order valence-corrected chi connectivity index (χ2v) is 10.2. The van der Waals surface area contributed by atoms with E-state index in [0.717, 1.165) is 50.4 Å². The van der Waals surface area contributed by atoms with Gasteiger partial charge < -0.3 is 30.7 Å². The zero-order chi connectivity index (χ0) is 27.1. The molecule has 1 unspecified atom stereocenters. The number of carbonyl (C=O) groups is 1. The summed E-state index contributed by atoms with van der Waals surface area (Å²) in [5, 5.41) is 26.3.